The lowest BCUT2D eigenvalue weighted by molar-refractivity contribution is -0.157. The van der Waals surface area contributed by atoms with Crippen LogP contribution in [0.5, 0.6) is 0 Å². The van der Waals surface area contributed by atoms with E-state index in [1.165, 1.54) is 12.7 Å². The summed E-state index contributed by atoms with van der Waals surface area (Å²) in [7, 11) is 1.26. The van der Waals surface area contributed by atoms with Crippen LogP contribution in [-0.2, 0) is 30.3 Å². The minimum absolute atomic E-state index is 0.166. The number of benzene rings is 1. The number of rotatable bonds is 10. The summed E-state index contributed by atoms with van der Waals surface area (Å²) in [6.45, 7) is 11.4. The molecular formula is C24H38N2O5. The second-order valence-corrected chi connectivity index (χ2v) is 9.36. The predicted octanol–water partition coefficient (Wildman–Crippen LogP) is 3.10. The molecule has 2 unspecified atom stereocenters. The topological polar surface area (TPSA) is 108 Å². The summed E-state index contributed by atoms with van der Waals surface area (Å²) >= 11 is 0. The second-order valence-electron chi connectivity index (χ2n) is 9.36. The summed E-state index contributed by atoms with van der Waals surface area (Å²) in [5.74, 6) is -1.31. The lowest BCUT2D eigenvalue weighted by atomic mass is 9.96. The third-order valence-electron chi connectivity index (χ3n) is 4.80. The number of hydrogen-bond donors (Lipinski definition) is 2. The standard InChI is InChI=1S/C24H38N2O5/c1-15(2)14-17-8-10-18(11-9-17)16(3)21(27)26-20(23(29)30-7)13-12-19(25)22(28)31-24(4,5)6/h8-11,15-16,19-20H,12-14,25H2,1-7H3,(H,26,27)/t16?,19?,20-/m0/s1. The first-order valence-corrected chi connectivity index (χ1v) is 10.8. The molecule has 7 nitrogen and oxygen atoms in total. The highest BCUT2D eigenvalue weighted by Crippen LogP contribution is 2.19. The van der Waals surface area contributed by atoms with Gasteiger partial charge in [-0.25, -0.2) is 4.79 Å². The van der Waals surface area contributed by atoms with Gasteiger partial charge in [-0.05, 0) is 64.0 Å². The molecule has 0 aliphatic rings. The van der Waals surface area contributed by atoms with Crippen molar-refractivity contribution in [1.82, 2.24) is 5.32 Å². The second kappa shape index (κ2) is 11.8. The number of carbonyl (C=O) groups is 3. The molecule has 0 radical (unpaired) electrons. The van der Waals surface area contributed by atoms with Gasteiger partial charge in [-0.15, -0.1) is 0 Å². The van der Waals surface area contributed by atoms with Crippen molar-refractivity contribution >= 4 is 17.8 Å². The quantitative estimate of drug-likeness (QED) is 0.548. The maximum atomic E-state index is 12.8. The number of methoxy groups -OCH3 is 1. The molecule has 0 fully saturated rings. The van der Waals surface area contributed by atoms with Gasteiger partial charge in [0.2, 0.25) is 5.91 Å². The highest BCUT2D eigenvalue weighted by molar-refractivity contribution is 5.88. The van der Waals surface area contributed by atoms with E-state index in [-0.39, 0.29) is 18.7 Å². The summed E-state index contributed by atoms with van der Waals surface area (Å²) in [5.41, 5.74) is 7.33. The fourth-order valence-electron chi connectivity index (χ4n) is 3.09. The molecule has 174 valence electrons. The summed E-state index contributed by atoms with van der Waals surface area (Å²) in [4.78, 5) is 37.0. The average Bonchev–Trinajstić information content (AvgIpc) is 2.68. The molecule has 0 aliphatic heterocycles. The van der Waals surface area contributed by atoms with E-state index in [1.807, 2.05) is 24.3 Å². The van der Waals surface area contributed by atoms with Gasteiger partial charge in [0.25, 0.3) is 0 Å². The molecule has 1 amide bonds. The molecule has 0 spiro atoms. The van der Waals surface area contributed by atoms with Crippen molar-refractivity contribution in [3.63, 3.8) is 0 Å². The summed E-state index contributed by atoms with van der Waals surface area (Å²) in [6, 6.07) is 6.14. The van der Waals surface area contributed by atoms with Gasteiger partial charge in [0.05, 0.1) is 13.0 Å². The molecule has 0 bridgehead atoms. The molecule has 31 heavy (non-hydrogen) atoms. The van der Waals surface area contributed by atoms with Gasteiger partial charge in [0.15, 0.2) is 0 Å². The van der Waals surface area contributed by atoms with Gasteiger partial charge in [-0.2, -0.15) is 0 Å². The Morgan fingerprint density at radius 1 is 1.00 bits per heavy atom. The average molecular weight is 435 g/mol. The Morgan fingerprint density at radius 3 is 2.06 bits per heavy atom. The number of amides is 1. The van der Waals surface area contributed by atoms with Crippen molar-refractivity contribution in [2.75, 3.05) is 7.11 Å². The number of nitrogens with one attached hydrogen (secondary N) is 1. The van der Waals surface area contributed by atoms with Crippen molar-refractivity contribution in [1.29, 1.82) is 0 Å². The fraction of sp³-hybridized carbons (Fsp3) is 0.625. The van der Waals surface area contributed by atoms with E-state index in [2.05, 4.69) is 19.2 Å². The first-order valence-electron chi connectivity index (χ1n) is 10.8. The van der Waals surface area contributed by atoms with Crippen molar-refractivity contribution in [3.8, 4) is 0 Å². The number of esters is 2. The van der Waals surface area contributed by atoms with Crippen LogP contribution in [-0.4, -0.2) is 42.6 Å². The Hall–Kier alpha value is -2.41. The number of hydrogen-bond acceptors (Lipinski definition) is 6. The van der Waals surface area contributed by atoms with E-state index >= 15 is 0 Å². The largest absolute Gasteiger partial charge is 0.467 e. The molecule has 1 aromatic carbocycles. The van der Waals surface area contributed by atoms with Crippen LogP contribution in [0.1, 0.15) is 71.4 Å². The minimum atomic E-state index is -0.895. The molecule has 1 rings (SSSR count). The number of nitrogens with two attached hydrogens (primary N) is 1. The lowest BCUT2D eigenvalue weighted by Crippen LogP contribution is -2.45. The van der Waals surface area contributed by atoms with E-state index in [4.69, 9.17) is 15.2 Å². The number of ether oxygens (including phenoxy) is 2. The molecule has 0 heterocycles. The summed E-state index contributed by atoms with van der Waals surface area (Å²) < 4.78 is 10.1. The van der Waals surface area contributed by atoms with E-state index in [9.17, 15) is 14.4 Å². The SMILES string of the molecule is COC(=O)[C@H](CCC(N)C(=O)OC(C)(C)C)NC(=O)C(C)c1ccc(CC(C)C)cc1. The smallest absolute Gasteiger partial charge is 0.328 e. The van der Waals surface area contributed by atoms with Crippen LogP contribution >= 0.6 is 0 Å². The Balaban J connectivity index is 2.74. The lowest BCUT2D eigenvalue weighted by Gasteiger charge is -2.23. The Morgan fingerprint density at radius 2 is 1.58 bits per heavy atom. The molecule has 0 aliphatic carbocycles. The molecule has 3 atom stereocenters. The molecular weight excluding hydrogens is 396 g/mol. The molecule has 3 N–H and O–H groups in total. The van der Waals surface area contributed by atoms with Gasteiger partial charge < -0.3 is 20.5 Å². The molecule has 0 saturated carbocycles. The van der Waals surface area contributed by atoms with Gasteiger partial charge in [0, 0.05) is 0 Å². The third-order valence-corrected chi connectivity index (χ3v) is 4.80. The normalized spacial score (nSPS) is 14.5. The minimum Gasteiger partial charge on any atom is -0.467 e. The zero-order valence-corrected chi connectivity index (χ0v) is 19.9. The summed E-state index contributed by atoms with van der Waals surface area (Å²) in [5, 5.41) is 2.73. The van der Waals surface area contributed by atoms with Gasteiger partial charge in [-0.3, -0.25) is 9.59 Å². The van der Waals surface area contributed by atoms with Crippen LogP contribution in [0.4, 0.5) is 0 Å². The van der Waals surface area contributed by atoms with E-state index in [0.29, 0.717) is 5.92 Å². The Bertz CT molecular complexity index is 737. The van der Waals surface area contributed by atoms with E-state index in [0.717, 1.165) is 12.0 Å². The van der Waals surface area contributed by atoms with Gasteiger partial charge in [-0.1, -0.05) is 38.1 Å². The summed E-state index contributed by atoms with van der Waals surface area (Å²) in [6.07, 6.45) is 1.31. The maximum Gasteiger partial charge on any atom is 0.328 e. The zero-order chi connectivity index (χ0) is 23.8. The zero-order valence-electron chi connectivity index (χ0n) is 19.9. The molecule has 1 aromatic rings. The Kier molecular flexibility index (Phi) is 10.2. The number of carbonyl (C=O) groups excluding carboxylic acids is 3. The van der Waals surface area contributed by atoms with Crippen LogP contribution in [0, 0.1) is 5.92 Å². The van der Waals surface area contributed by atoms with Crippen LogP contribution in [0.25, 0.3) is 0 Å². The van der Waals surface area contributed by atoms with E-state index in [1.54, 1.807) is 27.7 Å². The Labute approximate surface area is 186 Å². The molecule has 0 aromatic heterocycles. The van der Waals surface area contributed by atoms with Crippen molar-refractivity contribution < 1.29 is 23.9 Å². The molecule has 7 heteroatoms. The monoisotopic (exact) mass is 434 g/mol. The highest BCUT2D eigenvalue weighted by Gasteiger charge is 2.28. The van der Waals surface area contributed by atoms with E-state index < -0.39 is 35.5 Å². The highest BCUT2D eigenvalue weighted by atomic mass is 16.6. The first kappa shape index (κ1) is 26.6. The fourth-order valence-corrected chi connectivity index (χ4v) is 3.09. The van der Waals surface area contributed by atoms with Crippen LogP contribution in [0.3, 0.4) is 0 Å². The van der Waals surface area contributed by atoms with Crippen molar-refractivity contribution in [2.45, 2.75) is 84.4 Å². The van der Waals surface area contributed by atoms with Gasteiger partial charge in [0.1, 0.15) is 17.7 Å². The van der Waals surface area contributed by atoms with Crippen LogP contribution in [0.15, 0.2) is 24.3 Å². The molecule has 0 saturated heterocycles. The predicted molar refractivity (Wildman–Crippen MR) is 120 cm³/mol. The first-order chi connectivity index (χ1) is 14.3. The van der Waals surface area contributed by atoms with Crippen LogP contribution in [0.2, 0.25) is 0 Å². The van der Waals surface area contributed by atoms with Crippen LogP contribution < -0.4 is 11.1 Å². The van der Waals surface area contributed by atoms with Crippen molar-refractivity contribution in [3.05, 3.63) is 35.4 Å². The third kappa shape index (κ3) is 9.51. The van der Waals surface area contributed by atoms with Gasteiger partial charge >= 0.3 is 11.9 Å². The maximum absolute atomic E-state index is 12.8. The van der Waals surface area contributed by atoms with Crippen molar-refractivity contribution in [2.24, 2.45) is 11.7 Å².